The van der Waals surface area contributed by atoms with E-state index in [2.05, 4.69) is 21.3 Å². The summed E-state index contributed by atoms with van der Waals surface area (Å²) in [5, 5.41) is 10.8. The molecule has 1 heterocycles. The Balaban J connectivity index is 1.55. The van der Waals surface area contributed by atoms with E-state index in [0.29, 0.717) is 19.4 Å². The summed E-state index contributed by atoms with van der Waals surface area (Å²) in [5.41, 5.74) is -0.883. The largest absolute Gasteiger partial charge is 0.356 e. The molecule has 0 unspecified atom stereocenters. The van der Waals surface area contributed by atoms with Gasteiger partial charge in [0.05, 0.1) is 6.04 Å². The smallest absolute Gasteiger partial charge is 0.289 e. The second-order valence-electron chi connectivity index (χ2n) is 14.3. The van der Waals surface area contributed by atoms with Gasteiger partial charge >= 0.3 is 0 Å². The van der Waals surface area contributed by atoms with Crippen molar-refractivity contribution in [2.45, 2.75) is 121 Å². The van der Waals surface area contributed by atoms with Gasteiger partial charge in [0.1, 0.15) is 12.1 Å². The van der Waals surface area contributed by atoms with E-state index in [1.165, 1.54) is 11.9 Å². The molecule has 4 fully saturated rings. The number of carbonyl (C=O) groups is 6. The maximum absolute atomic E-state index is 13.9. The second-order valence-corrected chi connectivity index (χ2v) is 14.3. The number of halogens is 2. The van der Waals surface area contributed by atoms with E-state index in [-0.39, 0.29) is 30.7 Å². The molecule has 4 atom stereocenters. The predicted octanol–water partition coefficient (Wildman–Crippen LogP) is 1.83. The number of amides is 5. The van der Waals surface area contributed by atoms with E-state index >= 15 is 0 Å². The zero-order valence-corrected chi connectivity index (χ0v) is 26.2. The van der Waals surface area contributed by atoms with Crippen LogP contribution >= 0.6 is 0 Å². The molecule has 5 amide bonds. The zero-order valence-electron chi connectivity index (χ0n) is 26.2. The molecular weight excluding hydrogens is 576 g/mol. The first-order valence-electron chi connectivity index (χ1n) is 15.9. The van der Waals surface area contributed by atoms with E-state index in [1.807, 2.05) is 0 Å². The highest BCUT2D eigenvalue weighted by molar-refractivity contribution is 6.38. The average Bonchev–Trinajstić information content (AvgIpc) is 3.72. The van der Waals surface area contributed by atoms with Crippen LogP contribution in [0.2, 0.25) is 0 Å². The number of Topliss-reactive ketones (excluding diaryl/α,β-unsaturated/α-hetero) is 1. The Morgan fingerprint density at radius 3 is 2.16 bits per heavy atom. The molecule has 4 aliphatic rings. The van der Waals surface area contributed by atoms with Crippen molar-refractivity contribution in [1.29, 1.82) is 0 Å². The van der Waals surface area contributed by atoms with Gasteiger partial charge in [0, 0.05) is 43.8 Å². The van der Waals surface area contributed by atoms with Crippen LogP contribution in [0.1, 0.15) is 91.4 Å². The van der Waals surface area contributed by atoms with Gasteiger partial charge in [-0.2, -0.15) is 0 Å². The monoisotopic (exact) mass is 623 g/mol. The first-order chi connectivity index (χ1) is 20.6. The quantitative estimate of drug-likeness (QED) is 0.230. The molecule has 1 aliphatic heterocycles. The second kappa shape index (κ2) is 13.5. The zero-order chi connectivity index (χ0) is 32.4. The summed E-state index contributed by atoms with van der Waals surface area (Å²) < 4.78 is 27.8. The molecule has 11 nitrogen and oxygen atoms in total. The molecule has 4 N–H and O–H groups in total. The topological polar surface area (TPSA) is 154 Å². The lowest BCUT2D eigenvalue weighted by Crippen LogP contribution is -2.62. The van der Waals surface area contributed by atoms with Crippen LogP contribution in [0.25, 0.3) is 0 Å². The van der Waals surface area contributed by atoms with Gasteiger partial charge in [-0.25, -0.2) is 8.78 Å². The normalized spacial score (nSPS) is 24.0. The molecule has 13 heteroatoms. The summed E-state index contributed by atoms with van der Waals surface area (Å²) in [6.07, 6.45) is 4.47. The number of hydrogen-bond acceptors (Lipinski definition) is 6. The number of carbonyl (C=O) groups excluding carboxylic acids is 6. The number of ketones is 1. The third-order valence-corrected chi connectivity index (χ3v) is 9.41. The summed E-state index contributed by atoms with van der Waals surface area (Å²) in [6.45, 7) is 5.47. The average molecular weight is 624 g/mol. The highest BCUT2D eigenvalue weighted by atomic mass is 19.3. The van der Waals surface area contributed by atoms with Crippen molar-refractivity contribution < 1.29 is 37.5 Å². The van der Waals surface area contributed by atoms with Crippen LogP contribution in [0.15, 0.2) is 0 Å². The van der Waals surface area contributed by atoms with Crippen LogP contribution < -0.4 is 21.3 Å². The van der Waals surface area contributed by atoms with Crippen LogP contribution in [0.5, 0.6) is 0 Å². The molecule has 0 aromatic carbocycles. The standard InChI is InChI=1S/C31H47F2N5O6/c1-30(2,3)29(44)37-23(19-15-31(32,33)16-19)28(43)38(4)22(13-17-7-5-8-17)26(41)36-21(14-18-9-6-12-34-25(18)40)24(39)27(42)35-20-10-11-20/h17-23H,5-16H2,1-4H3,(H,34,40)(H,35,42)(H,36,41)(H,37,44)/t18-,21-,22-,23+/m0/s1. The van der Waals surface area contributed by atoms with E-state index in [1.54, 1.807) is 20.8 Å². The van der Waals surface area contributed by atoms with Crippen LogP contribution in [-0.2, 0) is 28.8 Å². The molecule has 0 radical (unpaired) electrons. The maximum atomic E-state index is 13.9. The van der Waals surface area contributed by atoms with Gasteiger partial charge in [-0.05, 0) is 50.4 Å². The Morgan fingerprint density at radius 2 is 1.64 bits per heavy atom. The summed E-state index contributed by atoms with van der Waals surface area (Å²) in [6, 6.07) is -3.71. The fraction of sp³-hybridized carbons (Fsp3) is 0.806. The van der Waals surface area contributed by atoms with Gasteiger partial charge < -0.3 is 26.2 Å². The Kier molecular flexibility index (Phi) is 10.3. The van der Waals surface area contributed by atoms with E-state index < -0.39 is 83.6 Å². The van der Waals surface area contributed by atoms with Crippen molar-refractivity contribution in [2.75, 3.05) is 13.6 Å². The van der Waals surface area contributed by atoms with Crippen LogP contribution in [-0.4, -0.2) is 83.9 Å². The van der Waals surface area contributed by atoms with Crippen molar-refractivity contribution in [1.82, 2.24) is 26.2 Å². The third-order valence-electron chi connectivity index (χ3n) is 9.41. The summed E-state index contributed by atoms with van der Waals surface area (Å²) in [5.74, 6) is -7.92. The van der Waals surface area contributed by atoms with E-state index in [0.717, 1.165) is 32.1 Å². The Labute approximate surface area is 257 Å². The summed E-state index contributed by atoms with van der Waals surface area (Å²) >= 11 is 0. The minimum Gasteiger partial charge on any atom is -0.356 e. The number of nitrogens with one attached hydrogen (secondary N) is 4. The van der Waals surface area contributed by atoms with Gasteiger partial charge in [0.15, 0.2) is 0 Å². The minimum atomic E-state index is -2.93. The molecule has 0 aromatic heterocycles. The lowest BCUT2D eigenvalue weighted by molar-refractivity contribution is -0.156. The Hall–Kier alpha value is -3.12. The van der Waals surface area contributed by atoms with Crippen LogP contribution in [0.4, 0.5) is 8.78 Å². The van der Waals surface area contributed by atoms with Crippen LogP contribution in [0.3, 0.4) is 0 Å². The number of alkyl halides is 2. The highest BCUT2D eigenvalue weighted by Crippen LogP contribution is 2.44. The number of rotatable bonds is 13. The molecule has 44 heavy (non-hydrogen) atoms. The van der Waals surface area contributed by atoms with Gasteiger partial charge in [-0.1, -0.05) is 40.0 Å². The minimum absolute atomic E-state index is 0.0657. The van der Waals surface area contributed by atoms with Crippen molar-refractivity contribution in [3.8, 4) is 0 Å². The Bertz CT molecular complexity index is 1140. The predicted molar refractivity (Wildman–Crippen MR) is 156 cm³/mol. The van der Waals surface area contributed by atoms with Crippen molar-refractivity contribution in [2.24, 2.45) is 23.2 Å². The summed E-state index contributed by atoms with van der Waals surface area (Å²) in [4.78, 5) is 80.5. The number of nitrogens with zero attached hydrogens (tertiary/aromatic N) is 1. The summed E-state index contributed by atoms with van der Waals surface area (Å²) in [7, 11) is 1.41. The number of likely N-dealkylation sites (N-methyl/N-ethyl adjacent to an activating group) is 1. The van der Waals surface area contributed by atoms with E-state index in [9.17, 15) is 37.5 Å². The fourth-order valence-corrected chi connectivity index (χ4v) is 6.03. The van der Waals surface area contributed by atoms with Gasteiger partial charge in [-0.15, -0.1) is 0 Å². The van der Waals surface area contributed by atoms with Crippen LogP contribution in [0, 0.1) is 23.2 Å². The molecular formula is C31H47F2N5O6. The van der Waals surface area contributed by atoms with Gasteiger partial charge in [0.2, 0.25) is 35.3 Å². The van der Waals surface area contributed by atoms with Crippen molar-refractivity contribution in [3.05, 3.63) is 0 Å². The molecule has 246 valence electrons. The number of hydrogen-bond donors (Lipinski definition) is 4. The molecule has 0 bridgehead atoms. The lowest BCUT2D eigenvalue weighted by atomic mass is 9.75. The van der Waals surface area contributed by atoms with Gasteiger partial charge in [0.25, 0.3) is 5.91 Å². The Morgan fingerprint density at radius 1 is 0.977 bits per heavy atom. The molecule has 3 aliphatic carbocycles. The van der Waals surface area contributed by atoms with Crippen molar-refractivity contribution >= 4 is 35.3 Å². The lowest BCUT2D eigenvalue weighted by Gasteiger charge is -2.43. The maximum Gasteiger partial charge on any atom is 0.289 e. The van der Waals surface area contributed by atoms with Crippen molar-refractivity contribution in [3.63, 3.8) is 0 Å². The molecule has 3 saturated carbocycles. The SMILES string of the molecule is CN(C(=O)[C@H](NC(=O)C(C)(C)C)C1CC(F)(F)C1)[C@@H](CC1CCC1)C(=O)N[C@@H](C[C@@H]1CCCNC1=O)C(=O)C(=O)NC1CC1. The first kappa shape index (κ1) is 33.8. The molecule has 1 saturated heterocycles. The molecule has 0 aromatic rings. The fourth-order valence-electron chi connectivity index (χ4n) is 6.03. The number of piperidine rings is 1. The first-order valence-corrected chi connectivity index (χ1v) is 15.9. The van der Waals surface area contributed by atoms with E-state index in [4.69, 9.17) is 0 Å². The molecule has 0 spiro atoms. The third kappa shape index (κ3) is 8.53. The highest BCUT2D eigenvalue weighted by Gasteiger charge is 2.52. The van der Waals surface area contributed by atoms with Gasteiger partial charge in [-0.3, -0.25) is 28.8 Å². The molecule has 4 rings (SSSR count).